The molecular weight excluding hydrogens is 236 g/mol. The molecule has 2 nitrogen and oxygen atoms in total. The number of carbonyl (C=O) groups is 1. The average Bonchev–Trinajstić information content (AvgIpc) is 2.48. The van der Waals surface area contributed by atoms with E-state index in [0.29, 0.717) is 11.3 Å². The van der Waals surface area contributed by atoms with Gasteiger partial charge in [-0.3, -0.25) is 0 Å². The Morgan fingerprint density at radius 2 is 1.84 bits per heavy atom. The summed E-state index contributed by atoms with van der Waals surface area (Å²) in [5.74, 6) is 0.374. The number of allylic oxidation sites excluding steroid dienone is 1. The lowest BCUT2D eigenvalue weighted by Crippen LogP contribution is -2.10. The van der Waals surface area contributed by atoms with E-state index in [4.69, 9.17) is 4.74 Å². The minimum Gasteiger partial charge on any atom is -0.423 e. The van der Waals surface area contributed by atoms with Gasteiger partial charge in [-0.15, -0.1) is 0 Å². The van der Waals surface area contributed by atoms with Gasteiger partial charge in [0.25, 0.3) is 0 Å². The van der Waals surface area contributed by atoms with Gasteiger partial charge >= 0.3 is 5.97 Å². The van der Waals surface area contributed by atoms with E-state index in [0.717, 1.165) is 24.0 Å². The zero-order valence-electron chi connectivity index (χ0n) is 10.5. The van der Waals surface area contributed by atoms with Crippen LogP contribution in [0.15, 0.2) is 54.6 Å². The van der Waals surface area contributed by atoms with Crippen LogP contribution in [-0.2, 0) is 6.42 Å². The molecule has 0 aromatic heterocycles. The van der Waals surface area contributed by atoms with E-state index in [-0.39, 0.29) is 5.97 Å². The first kappa shape index (κ1) is 11.7. The van der Waals surface area contributed by atoms with Gasteiger partial charge in [-0.1, -0.05) is 42.5 Å². The van der Waals surface area contributed by atoms with E-state index in [1.165, 1.54) is 0 Å². The minimum absolute atomic E-state index is 0.302. The monoisotopic (exact) mass is 250 g/mol. The molecule has 0 heterocycles. The first-order valence-electron chi connectivity index (χ1n) is 6.40. The molecule has 0 spiro atoms. The molecule has 0 unspecified atom stereocenters. The molecule has 0 atom stereocenters. The number of carbonyl (C=O) groups excluding carboxylic acids is 1. The zero-order chi connectivity index (χ0) is 13.1. The Balaban J connectivity index is 1.88. The minimum atomic E-state index is -0.302. The maximum Gasteiger partial charge on any atom is 0.343 e. The highest BCUT2D eigenvalue weighted by Gasteiger charge is 2.14. The highest BCUT2D eigenvalue weighted by Crippen LogP contribution is 2.28. The molecule has 0 N–H and O–H groups in total. The highest BCUT2D eigenvalue weighted by atomic mass is 16.5. The SMILES string of the molecule is O=C(Oc1cccc2c1CCC=C2)c1ccccc1. The van der Waals surface area contributed by atoms with Crippen LogP contribution in [0.3, 0.4) is 0 Å². The smallest absolute Gasteiger partial charge is 0.343 e. The van der Waals surface area contributed by atoms with Crippen LogP contribution in [0, 0.1) is 0 Å². The van der Waals surface area contributed by atoms with Gasteiger partial charge in [-0.05, 0) is 36.6 Å². The fraction of sp³-hybridized carbons (Fsp3) is 0.118. The van der Waals surface area contributed by atoms with E-state index in [1.54, 1.807) is 12.1 Å². The van der Waals surface area contributed by atoms with Crippen LogP contribution in [0.1, 0.15) is 27.9 Å². The standard InChI is InChI=1S/C17H14O2/c18-17(14-8-2-1-3-9-14)19-16-12-6-10-13-7-4-5-11-15(13)16/h1-4,6-10,12H,5,11H2. The third kappa shape index (κ3) is 2.43. The van der Waals surface area contributed by atoms with Gasteiger partial charge in [0.05, 0.1) is 5.56 Å². The third-order valence-corrected chi connectivity index (χ3v) is 3.24. The van der Waals surface area contributed by atoms with Crippen LogP contribution < -0.4 is 4.74 Å². The Kier molecular flexibility index (Phi) is 3.15. The maximum atomic E-state index is 12.1. The lowest BCUT2D eigenvalue weighted by atomic mass is 9.96. The average molecular weight is 250 g/mol. The first-order chi connectivity index (χ1) is 9.34. The topological polar surface area (TPSA) is 26.3 Å². The summed E-state index contributed by atoms with van der Waals surface area (Å²) in [7, 11) is 0. The fourth-order valence-electron chi connectivity index (χ4n) is 2.27. The molecule has 2 aromatic carbocycles. The van der Waals surface area contributed by atoms with Crippen molar-refractivity contribution in [1.82, 2.24) is 0 Å². The fourth-order valence-corrected chi connectivity index (χ4v) is 2.27. The van der Waals surface area contributed by atoms with Gasteiger partial charge in [-0.2, -0.15) is 0 Å². The molecular formula is C17H14O2. The number of esters is 1. The van der Waals surface area contributed by atoms with Gasteiger partial charge < -0.3 is 4.74 Å². The molecule has 0 fully saturated rings. The van der Waals surface area contributed by atoms with Crippen molar-refractivity contribution >= 4 is 12.0 Å². The predicted octanol–water partition coefficient (Wildman–Crippen LogP) is 3.87. The molecule has 0 aliphatic heterocycles. The maximum absolute atomic E-state index is 12.1. The van der Waals surface area contributed by atoms with Gasteiger partial charge in [0.1, 0.15) is 5.75 Å². The molecule has 3 rings (SSSR count). The van der Waals surface area contributed by atoms with Crippen LogP contribution in [0.2, 0.25) is 0 Å². The predicted molar refractivity (Wildman–Crippen MR) is 75.2 cm³/mol. The lowest BCUT2D eigenvalue weighted by molar-refractivity contribution is 0.0733. The number of ether oxygens (including phenoxy) is 1. The normalized spacial score (nSPS) is 12.8. The van der Waals surface area contributed by atoms with E-state index >= 15 is 0 Å². The van der Waals surface area contributed by atoms with Crippen molar-refractivity contribution in [2.24, 2.45) is 0 Å². The second kappa shape index (κ2) is 5.11. The van der Waals surface area contributed by atoms with Crippen LogP contribution in [-0.4, -0.2) is 5.97 Å². The van der Waals surface area contributed by atoms with Crippen molar-refractivity contribution in [3.63, 3.8) is 0 Å². The molecule has 2 aromatic rings. The number of rotatable bonds is 2. The molecule has 2 heteroatoms. The number of fused-ring (bicyclic) bond motifs is 1. The van der Waals surface area contributed by atoms with E-state index in [2.05, 4.69) is 12.2 Å². The van der Waals surface area contributed by atoms with Crippen LogP contribution in [0.4, 0.5) is 0 Å². The van der Waals surface area contributed by atoms with Crippen molar-refractivity contribution in [2.75, 3.05) is 0 Å². The number of benzene rings is 2. The highest BCUT2D eigenvalue weighted by molar-refractivity contribution is 5.91. The lowest BCUT2D eigenvalue weighted by Gasteiger charge is -2.15. The Morgan fingerprint density at radius 3 is 2.68 bits per heavy atom. The van der Waals surface area contributed by atoms with Crippen LogP contribution in [0.5, 0.6) is 5.75 Å². The quantitative estimate of drug-likeness (QED) is 0.597. The second-order valence-corrected chi connectivity index (χ2v) is 4.52. The zero-order valence-corrected chi connectivity index (χ0v) is 10.5. The van der Waals surface area contributed by atoms with Crippen molar-refractivity contribution in [1.29, 1.82) is 0 Å². The summed E-state index contributed by atoms with van der Waals surface area (Å²) in [4.78, 5) is 12.1. The molecule has 1 aliphatic rings. The van der Waals surface area contributed by atoms with Crippen LogP contribution in [0.25, 0.3) is 6.08 Å². The molecule has 0 radical (unpaired) electrons. The van der Waals surface area contributed by atoms with Gasteiger partial charge in [0.15, 0.2) is 0 Å². The molecule has 0 bridgehead atoms. The van der Waals surface area contributed by atoms with Gasteiger partial charge in [0, 0.05) is 5.56 Å². The number of hydrogen-bond donors (Lipinski definition) is 0. The summed E-state index contributed by atoms with van der Waals surface area (Å²) in [5.41, 5.74) is 2.84. The molecule has 0 saturated carbocycles. The molecule has 94 valence electrons. The van der Waals surface area contributed by atoms with Crippen LogP contribution >= 0.6 is 0 Å². The first-order valence-corrected chi connectivity index (χ1v) is 6.40. The Hall–Kier alpha value is -2.35. The molecule has 19 heavy (non-hydrogen) atoms. The Bertz CT molecular complexity index is 627. The second-order valence-electron chi connectivity index (χ2n) is 4.52. The van der Waals surface area contributed by atoms with E-state index < -0.39 is 0 Å². The molecule has 0 saturated heterocycles. The summed E-state index contributed by atoms with van der Waals surface area (Å²) in [6, 6.07) is 14.9. The van der Waals surface area contributed by atoms with E-state index in [9.17, 15) is 4.79 Å². The summed E-state index contributed by atoms with van der Waals surface area (Å²) in [5, 5.41) is 0. The van der Waals surface area contributed by atoms with Gasteiger partial charge in [-0.25, -0.2) is 4.79 Å². The van der Waals surface area contributed by atoms with Crippen molar-refractivity contribution in [2.45, 2.75) is 12.8 Å². The summed E-state index contributed by atoms with van der Waals surface area (Å²) < 4.78 is 5.53. The molecule has 1 aliphatic carbocycles. The number of hydrogen-bond acceptors (Lipinski definition) is 2. The third-order valence-electron chi connectivity index (χ3n) is 3.24. The Morgan fingerprint density at radius 1 is 1.00 bits per heavy atom. The van der Waals surface area contributed by atoms with Gasteiger partial charge in [0.2, 0.25) is 0 Å². The largest absolute Gasteiger partial charge is 0.423 e. The molecule has 0 amide bonds. The summed E-state index contributed by atoms with van der Waals surface area (Å²) >= 11 is 0. The van der Waals surface area contributed by atoms with Crippen molar-refractivity contribution in [3.05, 3.63) is 71.3 Å². The van der Waals surface area contributed by atoms with Crippen molar-refractivity contribution in [3.8, 4) is 5.75 Å². The summed E-state index contributed by atoms with van der Waals surface area (Å²) in [6.45, 7) is 0. The van der Waals surface area contributed by atoms with Crippen molar-refractivity contribution < 1.29 is 9.53 Å². The Labute approximate surface area is 112 Å². The van der Waals surface area contributed by atoms with E-state index in [1.807, 2.05) is 36.4 Å². The summed E-state index contributed by atoms with van der Waals surface area (Å²) in [6.07, 6.45) is 6.14.